The van der Waals surface area contributed by atoms with E-state index in [0.717, 1.165) is 51.8 Å². The Balaban J connectivity index is 1.47. The van der Waals surface area contributed by atoms with Gasteiger partial charge in [-0.3, -0.25) is 9.59 Å². The minimum absolute atomic E-state index is 0.184. The van der Waals surface area contributed by atoms with E-state index >= 15 is 0 Å². The number of morpholine rings is 1. The number of carbonyl (C=O) groups excluding carboxylic acids is 2. The quantitative estimate of drug-likeness (QED) is 0.700. The molecule has 0 bridgehead atoms. The van der Waals surface area contributed by atoms with E-state index < -0.39 is 0 Å². The Morgan fingerprint density at radius 3 is 2.62 bits per heavy atom. The van der Waals surface area contributed by atoms with Crippen molar-refractivity contribution in [2.24, 2.45) is 5.92 Å². The molecule has 3 heterocycles. The van der Waals surface area contributed by atoms with Gasteiger partial charge in [-0.15, -0.1) is 6.58 Å². The second-order valence-electron chi connectivity index (χ2n) is 7.84. The number of hydrogen-bond donors (Lipinski definition) is 0. The predicted octanol–water partition coefficient (Wildman–Crippen LogP) is 1.99. The van der Waals surface area contributed by atoms with Gasteiger partial charge in [-0.05, 0) is 38.0 Å². The van der Waals surface area contributed by atoms with Gasteiger partial charge in [0.25, 0.3) is 0 Å². The Bertz CT molecular complexity index is 508. The number of amides is 2. The van der Waals surface area contributed by atoms with E-state index in [-0.39, 0.29) is 17.4 Å². The second kappa shape index (κ2) is 9.00. The van der Waals surface area contributed by atoms with Crippen molar-refractivity contribution in [2.45, 2.75) is 50.5 Å². The van der Waals surface area contributed by atoms with Crippen LogP contribution in [0.25, 0.3) is 0 Å². The number of nitrogens with zero attached hydrogens (tertiary/aromatic N) is 2. The molecule has 146 valence electrons. The van der Waals surface area contributed by atoms with Gasteiger partial charge in [0.1, 0.15) is 0 Å². The molecule has 3 aliphatic rings. The van der Waals surface area contributed by atoms with E-state index in [1.165, 1.54) is 0 Å². The van der Waals surface area contributed by atoms with E-state index in [2.05, 4.69) is 6.58 Å². The molecule has 1 unspecified atom stereocenters. The highest BCUT2D eigenvalue weighted by molar-refractivity contribution is 5.77. The fraction of sp³-hybridized carbons (Fsp3) is 0.800. The molecule has 6 heteroatoms. The number of piperidine rings is 1. The summed E-state index contributed by atoms with van der Waals surface area (Å²) in [5, 5.41) is 0. The van der Waals surface area contributed by atoms with Gasteiger partial charge in [0.05, 0.1) is 12.2 Å². The molecule has 26 heavy (non-hydrogen) atoms. The van der Waals surface area contributed by atoms with Crippen LogP contribution in [0.15, 0.2) is 12.7 Å². The predicted molar refractivity (Wildman–Crippen MR) is 98.7 cm³/mol. The standard InChI is InChI=1S/C20H32N2O4/c1-2-3-6-18(23)22-11-13-26-20(16-22)7-9-21(10-8-20)19(24)14-17-5-4-12-25-15-17/h2,17H,1,3-16H2. The fourth-order valence-corrected chi connectivity index (χ4v) is 4.25. The van der Waals surface area contributed by atoms with Gasteiger partial charge in [0.15, 0.2) is 0 Å². The maximum atomic E-state index is 12.6. The molecule has 3 fully saturated rings. The third kappa shape index (κ3) is 4.86. The molecule has 0 radical (unpaired) electrons. The lowest BCUT2D eigenvalue weighted by molar-refractivity contribution is -0.163. The van der Waals surface area contributed by atoms with E-state index in [0.29, 0.717) is 45.1 Å². The first-order valence-electron chi connectivity index (χ1n) is 10.00. The monoisotopic (exact) mass is 364 g/mol. The molecule has 0 aromatic rings. The Hall–Kier alpha value is -1.40. The zero-order valence-electron chi connectivity index (χ0n) is 15.8. The van der Waals surface area contributed by atoms with Gasteiger partial charge in [-0.2, -0.15) is 0 Å². The molecule has 1 spiro atoms. The van der Waals surface area contributed by atoms with Gasteiger partial charge in [-0.25, -0.2) is 0 Å². The molecule has 3 aliphatic heterocycles. The van der Waals surface area contributed by atoms with Crippen LogP contribution in [0.4, 0.5) is 0 Å². The van der Waals surface area contributed by atoms with Gasteiger partial charge >= 0.3 is 0 Å². The summed E-state index contributed by atoms with van der Waals surface area (Å²) in [5.74, 6) is 0.796. The molecule has 0 aromatic heterocycles. The average molecular weight is 364 g/mol. The van der Waals surface area contributed by atoms with Crippen molar-refractivity contribution in [2.75, 3.05) is 46.0 Å². The Morgan fingerprint density at radius 2 is 1.92 bits per heavy atom. The van der Waals surface area contributed by atoms with Crippen LogP contribution < -0.4 is 0 Å². The number of allylic oxidation sites excluding steroid dienone is 1. The maximum Gasteiger partial charge on any atom is 0.223 e. The van der Waals surface area contributed by atoms with Gasteiger partial charge in [0.2, 0.25) is 11.8 Å². The summed E-state index contributed by atoms with van der Waals surface area (Å²) in [4.78, 5) is 28.8. The van der Waals surface area contributed by atoms with E-state index in [9.17, 15) is 9.59 Å². The molecule has 0 aliphatic carbocycles. The summed E-state index contributed by atoms with van der Waals surface area (Å²) >= 11 is 0. The Labute approximate surface area is 156 Å². The molecular weight excluding hydrogens is 332 g/mol. The van der Waals surface area contributed by atoms with Crippen molar-refractivity contribution in [3.8, 4) is 0 Å². The van der Waals surface area contributed by atoms with Crippen molar-refractivity contribution in [1.82, 2.24) is 9.80 Å². The third-order valence-corrected chi connectivity index (χ3v) is 5.91. The van der Waals surface area contributed by atoms with Crippen LogP contribution in [0.1, 0.15) is 44.9 Å². The molecule has 3 saturated heterocycles. The molecule has 3 rings (SSSR count). The highest BCUT2D eigenvalue weighted by Crippen LogP contribution is 2.31. The SMILES string of the molecule is C=CCCC(=O)N1CCOC2(CCN(C(=O)CC3CCCOC3)CC2)C1. The lowest BCUT2D eigenvalue weighted by Gasteiger charge is -2.47. The molecule has 0 saturated carbocycles. The topological polar surface area (TPSA) is 59.1 Å². The van der Waals surface area contributed by atoms with Gasteiger partial charge in [0, 0.05) is 52.2 Å². The lowest BCUT2D eigenvalue weighted by Crippen LogP contribution is -2.58. The smallest absolute Gasteiger partial charge is 0.223 e. The third-order valence-electron chi connectivity index (χ3n) is 5.91. The van der Waals surface area contributed by atoms with Gasteiger partial charge in [-0.1, -0.05) is 6.08 Å². The van der Waals surface area contributed by atoms with Gasteiger partial charge < -0.3 is 19.3 Å². The largest absolute Gasteiger partial charge is 0.381 e. The second-order valence-corrected chi connectivity index (χ2v) is 7.84. The van der Waals surface area contributed by atoms with Crippen LogP contribution in [0.5, 0.6) is 0 Å². The van der Waals surface area contributed by atoms with E-state index in [1.54, 1.807) is 6.08 Å². The van der Waals surface area contributed by atoms with E-state index in [1.807, 2.05) is 9.80 Å². The molecule has 6 nitrogen and oxygen atoms in total. The number of likely N-dealkylation sites (tertiary alicyclic amines) is 1. The lowest BCUT2D eigenvalue weighted by atomic mass is 9.88. The van der Waals surface area contributed by atoms with Crippen molar-refractivity contribution < 1.29 is 19.1 Å². The number of carbonyl (C=O) groups is 2. The van der Waals surface area contributed by atoms with Crippen molar-refractivity contribution >= 4 is 11.8 Å². The normalized spacial score (nSPS) is 25.9. The first kappa shape index (κ1) is 19.4. The number of ether oxygens (including phenoxy) is 2. The van der Waals surface area contributed by atoms with Crippen molar-refractivity contribution in [3.63, 3.8) is 0 Å². The highest BCUT2D eigenvalue weighted by Gasteiger charge is 2.41. The highest BCUT2D eigenvalue weighted by atomic mass is 16.5. The Morgan fingerprint density at radius 1 is 1.12 bits per heavy atom. The summed E-state index contributed by atoms with van der Waals surface area (Å²) in [6.07, 6.45) is 7.40. The van der Waals surface area contributed by atoms with Crippen LogP contribution >= 0.6 is 0 Å². The Kier molecular flexibility index (Phi) is 6.70. The number of hydrogen-bond acceptors (Lipinski definition) is 4. The molecule has 2 amide bonds. The summed E-state index contributed by atoms with van der Waals surface area (Å²) in [7, 11) is 0. The maximum absolute atomic E-state index is 12.6. The summed E-state index contributed by atoms with van der Waals surface area (Å²) in [6, 6.07) is 0. The fourth-order valence-electron chi connectivity index (χ4n) is 4.25. The van der Waals surface area contributed by atoms with E-state index in [4.69, 9.17) is 9.47 Å². The van der Waals surface area contributed by atoms with Crippen LogP contribution in [0, 0.1) is 5.92 Å². The number of rotatable bonds is 5. The molecular formula is C20H32N2O4. The van der Waals surface area contributed by atoms with Crippen LogP contribution in [-0.4, -0.2) is 73.2 Å². The van der Waals surface area contributed by atoms with Crippen LogP contribution in [0.3, 0.4) is 0 Å². The average Bonchev–Trinajstić information content (AvgIpc) is 2.67. The minimum atomic E-state index is -0.271. The molecule has 1 atom stereocenters. The van der Waals surface area contributed by atoms with Crippen molar-refractivity contribution in [1.29, 1.82) is 0 Å². The summed E-state index contributed by atoms with van der Waals surface area (Å²) in [6.45, 7) is 8.59. The van der Waals surface area contributed by atoms with Crippen molar-refractivity contribution in [3.05, 3.63) is 12.7 Å². The van der Waals surface area contributed by atoms with Crippen LogP contribution in [0.2, 0.25) is 0 Å². The first-order valence-corrected chi connectivity index (χ1v) is 10.00. The summed E-state index contributed by atoms with van der Waals surface area (Å²) < 4.78 is 11.6. The van der Waals surface area contributed by atoms with Crippen LogP contribution in [-0.2, 0) is 19.1 Å². The minimum Gasteiger partial charge on any atom is -0.381 e. The first-order chi connectivity index (χ1) is 12.6. The molecule has 0 aromatic carbocycles. The summed E-state index contributed by atoms with van der Waals surface area (Å²) in [5.41, 5.74) is -0.271. The zero-order valence-corrected chi connectivity index (χ0v) is 15.8. The molecule has 0 N–H and O–H groups in total. The zero-order chi connectivity index (χ0) is 18.4.